The molecule has 0 fully saturated rings. The van der Waals surface area contributed by atoms with Gasteiger partial charge in [0.05, 0.1) is 30.2 Å². The van der Waals surface area contributed by atoms with E-state index in [1.54, 1.807) is 11.3 Å². The first-order valence-corrected chi connectivity index (χ1v) is 11.5. The number of thiophene rings is 1. The summed E-state index contributed by atoms with van der Waals surface area (Å²) < 4.78 is 5.73. The van der Waals surface area contributed by atoms with Gasteiger partial charge >= 0.3 is 0 Å². The van der Waals surface area contributed by atoms with Gasteiger partial charge < -0.3 is 14.8 Å². The van der Waals surface area contributed by atoms with Crippen molar-refractivity contribution in [1.29, 1.82) is 0 Å². The Kier molecular flexibility index (Phi) is 7.14. The maximum absolute atomic E-state index is 12.7. The van der Waals surface area contributed by atoms with Crippen LogP contribution in [0.15, 0.2) is 4.79 Å². The molecule has 7 heteroatoms. The van der Waals surface area contributed by atoms with Gasteiger partial charge in [-0.15, -0.1) is 11.3 Å². The van der Waals surface area contributed by atoms with Crippen molar-refractivity contribution < 1.29 is 9.84 Å². The predicted molar refractivity (Wildman–Crippen MR) is 119 cm³/mol. The predicted octanol–water partition coefficient (Wildman–Crippen LogP) is 3.50. The third kappa shape index (κ3) is 6.10. The van der Waals surface area contributed by atoms with Crippen LogP contribution in [0.3, 0.4) is 0 Å². The summed E-state index contributed by atoms with van der Waals surface area (Å²) in [6, 6.07) is 0. The molecule has 0 unspecified atom stereocenters. The highest BCUT2D eigenvalue weighted by atomic mass is 32.1. The number of fused-ring (bicyclic) bond motifs is 3. The van der Waals surface area contributed by atoms with Gasteiger partial charge in [0.25, 0.3) is 5.56 Å². The van der Waals surface area contributed by atoms with E-state index in [0.29, 0.717) is 31.4 Å². The Balaban J connectivity index is 1.73. The number of aliphatic hydroxyl groups excluding tert-OH is 1. The minimum absolute atomic E-state index is 0.0233. The molecule has 0 amide bonds. The zero-order valence-corrected chi connectivity index (χ0v) is 19.2. The van der Waals surface area contributed by atoms with Gasteiger partial charge in [-0.05, 0) is 64.5 Å². The topological polar surface area (TPSA) is 78.5 Å². The fraction of sp³-hybridized carbons (Fsp3) is 0.727. The number of aliphatic hydroxyl groups is 1. The summed E-state index contributed by atoms with van der Waals surface area (Å²) in [5.41, 5.74) is 0.905. The summed E-state index contributed by atoms with van der Waals surface area (Å²) in [5.74, 6) is 1.24. The summed E-state index contributed by atoms with van der Waals surface area (Å²) >= 11 is 1.67. The Labute approximate surface area is 177 Å². The van der Waals surface area contributed by atoms with Crippen molar-refractivity contribution >= 4 is 21.6 Å². The molecule has 0 saturated heterocycles. The van der Waals surface area contributed by atoms with E-state index >= 15 is 0 Å². The molecule has 3 rings (SSSR count). The number of hydrogen-bond donors (Lipinski definition) is 2. The van der Waals surface area contributed by atoms with E-state index in [9.17, 15) is 9.90 Å². The van der Waals surface area contributed by atoms with Gasteiger partial charge in [-0.2, -0.15) is 0 Å². The number of aromatic nitrogens is 2. The molecule has 1 atom stereocenters. The lowest BCUT2D eigenvalue weighted by atomic mass is 10.1. The molecule has 2 heterocycles. The minimum Gasteiger partial charge on any atom is -0.389 e. The summed E-state index contributed by atoms with van der Waals surface area (Å²) in [6.07, 6.45) is 3.62. The standard InChI is InChI=1S/C22H35N3O3S/c1-14(2)9-10-25(11-15(26)13-28-22(3,4)5)12-18-23-20(27)19-16-7-6-8-17(16)29-21(19)24-18/h14-15,26H,6-13H2,1-5H3,(H,23,24,27)/t15-/m0/s1. The maximum Gasteiger partial charge on any atom is 0.259 e. The van der Waals surface area contributed by atoms with Gasteiger partial charge in [-0.3, -0.25) is 9.69 Å². The summed E-state index contributed by atoms with van der Waals surface area (Å²) in [5, 5.41) is 11.3. The molecule has 29 heavy (non-hydrogen) atoms. The number of hydrogen-bond acceptors (Lipinski definition) is 6. The normalized spacial score (nSPS) is 15.6. The van der Waals surface area contributed by atoms with Crippen molar-refractivity contribution in [2.75, 3.05) is 19.7 Å². The lowest BCUT2D eigenvalue weighted by molar-refractivity contribution is -0.0570. The van der Waals surface area contributed by atoms with Crippen LogP contribution in [-0.4, -0.2) is 51.4 Å². The monoisotopic (exact) mass is 421 g/mol. The zero-order chi connectivity index (χ0) is 21.2. The SMILES string of the molecule is CC(C)CCN(Cc1nc2sc3c(c2c(=O)[nH]1)CCC3)C[C@H](O)COC(C)(C)C. The van der Waals surface area contributed by atoms with Crippen LogP contribution in [0.4, 0.5) is 0 Å². The molecule has 0 aliphatic heterocycles. The fourth-order valence-electron chi connectivity index (χ4n) is 3.71. The van der Waals surface area contributed by atoms with Crippen molar-refractivity contribution in [2.24, 2.45) is 5.92 Å². The summed E-state index contributed by atoms with van der Waals surface area (Å²) in [4.78, 5) is 24.8. The first-order chi connectivity index (χ1) is 13.6. The van der Waals surface area contributed by atoms with E-state index in [1.807, 2.05) is 20.8 Å². The van der Waals surface area contributed by atoms with E-state index in [1.165, 1.54) is 10.4 Å². The number of H-pyrrole nitrogens is 1. The average Bonchev–Trinajstić information content (AvgIpc) is 3.17. The van der Waals surface area contributed by atoms with E-state index in [0.717, 1.165) is 42.4 Å². The second-order valence-corrected chi connectivity index (χ2v) is 10.6. The molecule has 0 saturated carbocycles. The van der Waals surface area contributed by atoms with Crippen LogP contribution >= 0.6 is 11.3 Å². The Morgan fingerprint density at radius 3 is 2.76 bits per heavy atom. The number of aromatic amines is 1. The largest absolute Gasteiger partial charge is 0.389 e. The molecule has 162 valence electrons. The minimum atomic E-state index is -0.581. The van der Waals surface area contributed by atoms with E-state index < -0.39 is 6.10 Å². The highest BCUT2D eigenvalue weighted by molar-refractivity contribution is 7.18. The van der Waals surface area contributed by atoms with Crippen molar-refractivity contribution in [1.82, 2.24) is 14.9 Å². The molecule has 1 aliphatic carbocycles. The number of nitrogens with zero attached hydrogens (tertiary/aromatic N) is 2. The van der Waals surface area contributed by atoms with Gasteiger partial charge in [0.15, 0.2) is 0 Å². The Bertz CT molecular complexity index is 882. The van der Waals surface area contributed by atoms with Crippen LogP contribution in [0.5, 0.6) is 0 Å². The van der Waals surface area contributed by atoms with Crippen LogP contribution in [0.25, 0.3) is 10.2 Å². The summed E-state index contributed by atoms with van der Waals surface area (Å²) in [7, 11) is 0. The van der Waals surface area contributed by atoms with Crippen LogP contribution < -0.4 is 5.56 Å². The molecule has 2 aromatic heterocycles. The van der Waals surface area contributed by atoms with E-state index in [4.69, 9.17) is 9.72 Å². The first kappa shape index (κ1) is 22.4. The van der Waals surface area contributed by atoms with Crippen LogP contribution in [-0.2, 0) is 24.1 Å². The lowest BCUT2D eigenvalue weighted by Gasteiger charge is -2.27. The quantitative estimate of drug-likeness (QED) is 0.648. The van der Waals surface area contributed by atoms with Crippen molar-refractivity contribution in [2.45, 2.75) is 78.6 Å². The number of rotatable bonds is 9. The Morgan fingerprint density at radius 2 is 2.07 bits per heavy atom. The molecule has 0 spiro atoms. The van der Waals surface area contributed by atoms with Crippen molar-refractivity contribution in [3.63, 3.8) is 0 Å². The summed E-state index contributed by atoms with van der Waals surface area (Å²) in [6.45, 7) is 12.5. The molecule has 6 nitrogen and oxygen atoms in total. The van der Waals surface area contributed by atoms with Gasteiger partial charge in [0.2, 0.25) is 0 Å². The Morgan fingerprint density at radius 1 is 1.31 bits per heavy atom. The number of aryl methyl sites for hydroxylation is 2. The number of ether oxygens (including phenoxy) is 1. The molecular formula is C22H35N3O3S. The van der Waals surface area contributed by atoms with Gasteiger partial charge in [-0.25, -0.2) is 4.98 Å². The van der Waals surface area contributed by atoms with Gasteiger partial charge in [-0.1, -0.05) is 13.8 Å². The number of nitrogens with one attached hydrogen (secondary N) is 1. The third-order valence-corrected chi connectivity index (χ3v) is 6.38. The van der Waals surface area contributed by atoms with E-state index in [2.05, 4.69) is 23.7 Å². The average molecular weight is 422 g/mol. The smallest absolute Gasteiger partial charge is 0.259 e. The highest BCUT2D eigenvalue weighted by Gasteiger charge is 2.22. The van der Waals surface area contributed by atoms with Gasteiger partial charge in [0, 0.05) is 11.4 Å². The first-order valence-electron chi connectivity index (χ1n) is 10.7. The molecule has 1 aliphatic rings. The fourth-order valence-corrected chi connectivity index (χ4v) is 4.99. The molecule has 0 bridgehead atoms. The molecule has 2 N–H and O–H groups in total. The maximum atomic E-state index is 12.7. The second-order valence-electron chi connectivity index (χ2n) is 9.54. The van der Waals surface area contributed by atoms with Gasteiger partial charge in [0.1, 0.15) is 10.7 Å². The zero-order valence-electron chi connectivity index (χ0n) is 18.4. The third-order valence-electron chi connectivity index (χ3n) is 5.20. The molecule has 0 aromatic carbocycles. The van der Waals surface area contributed by atoms with Crippen LogP contribution in [0.1, 0.15) is 63.7 Å². The molecular weight excluding hydrogens is 386 g/mol. The highest BCUT2D eigenvalue weighted by Crippen LogP contribution is 2.34. The van der Waals surface area contributed by atoms with Crippen LogP contribution in [0, 0.1) is 5.92 Å². The Hall–Kier alpha value is -1.28. The molecule has 0 radical (unpaired) electrons. The molecule has 2 aromatic rings. The lowest BCUT2D eigenvalue weighted by Crippen LogP contribution is -2.38. The van der Waals surface area contributed by atoms with Crippen molar-refractivity contribution in [3.05, 3.63) is 26.6 Å². The van der Waals surface area contributed by atoms with Crippen molar-refractivity contribution in [3.8, 4) is 0 Å². The van der Waals surface area contributed by atoms with E-state index in [-0.39, 0.29) is 11.2 Å². The van der Waals surface area contributed by atoms with Crippen LogP contribution in [0.2, 0.25) is 0 Å². The second kappa shape index (κ2) is 9.25.